The lowest BCUT2D eigenvalue weighted by atomic mass is 9.65. The summed E-state index contributed by atoms with van der Waals surface area (Å²) in [5, 5.41) is 0.108. The maximum Gasteiger partial charge on any atom is 0.190 e. The van der Waals surface area contributed by atoms with Crippen LogP contribution in [0.1, 0.15) is 43.0 Å². The highest BCUT2D eigenvalue weighted by Gasteiger charge is 2.38. The van der Waals surface area contributed by atoms with Crippen LogP contribution in [0.2, 0.25) is 0 Å². The molecule has 0 N–H and O–H groups in total. The summed E-state index contributed by atoms with van der Waals surface area (Å²) < 4.78 is 0.977. The average Bonchev–Trinajstić information content (AvgIpc) is 2.87. The van der Waals surface area contributed by atoms with Crippen LogP contribution in [0.15, 0.2) is 116 Å². The molecule has 0 aromatic heterocycles. The van der Waals surface area contributed by atoms with E-state index in [4.69, 9.17) is 0 Å². The molecule has 0 aliphatic heterocycles. The molecule has 7 heteroatoms. The zero-order valence-electron chi connectivity index (χ0n) is 21.1. The van der Waals surface area contributed by atoms with Gasteiger partial charge in [-0.15, -0.1) is 0 Å². The van der Waals surface area contributed by atoms with Crippen LogP contribution in [0.25, 0.3) is 0 Å². The fourth-order valence-electron chi connectivity index (χ4n) is 4.52. The molecule has 3 nitrogen and oxygen atoms in total. The van der Waals surface area contributed by atoms with Crippen LogP contribution in [-0.4, -0.2) is 15.3 Å². The maximum absolute atomic E-state index is 11.7. The van der Waals surface area contributed by atoms with E-state index in [2.05, 4.69) is 64.5 Å². The van der Waals surface area contributed by atoms with Gasteiger partial charge in [-0.25, -0.2) is 0 Å². The molecule has 0 saturated carbocycles. The lowest BCUT2D eigenvalue weighted by molar-refractivity contribution is -0.109. The lowest BCUT2D eigenvalue weighted by Gasteiger charge is -2.37. The van der Waals surface area contributed by atoms with E-state index in [0.29, 0.717) is 0 Å². The molecule has 0 unspecified atom stereocenters. The van der Waals surface area contributed by atoms with Gasteiger partial charge in [-0.05, 0) is 70.8 Å². The first kappa shape index (κ1) is 28.4. The van der Waals surface area contributed by atoms with E-state index in [1.165, 1.54) is 35.3 Å². The summed E-state index contributed by atoms with van der Waals surface area (Å²) in [6.45, 7) is 4.68. The van der Waals surface area contributed by atoms with Crippen molar-refractivity contribution in [1.29, 1.82) is 0 Å². The Kier molecular flexibility index (Phi) is 9.36. The van der Waals surface area contributed by atoms with Gasteiger partial charge in [0.15, 0.2) is 15.3 Å². The van der Waals surface area contributed by atoms with E-state index < -0.39 is 5.41 Å². The van der Waals surface area contributed by atoms with Crippen LogP contribution in [-0.2, 0) is 19.8 Å². The highest BCUT2D eigenvalue weighted by Crippen LogP contribution is 2.46. The van der Waals surface area contributed by atoms with Crippen molar-refractivity contribution in [2.24, 2.45) is 0 Å². The summed E-state index contributed by atoms with van der Waals surface area (Å²) in [4.78, 5) is 37.8. The fourth-order valence-corrected chi connectivity index (χ4v) is 6.59. The quantitative estimate of drug-likeness (QED) is 0.152. The Morgan fingerprint density at radius 3 is 0.947 bits per heavy atom. The molecule has 0 spiro atoms. The Morgan fingerprint density at radius 2 is 0.711 bits per heavy atom. The van der Waals surface area contributed by atoms with Crippen molar-refractivity contribution >= 4 is 66.6 Å². The zero-order chi connectivity index (χ0) is 27.3. The maximum atomic E-state index is 11.7. The monoisotopic (exact) mass is 620 g/mol. The number of carbonyl (C=O) groups excluding carboxylic acids is 3. The third-order valence-electron chi connectivity index (χ3n) is 5.92. The van der Waals surface area contributed by atoms with Gasteiger partial charge in [0.2, 0.25) is 0 Å². The van der Waals surface area contributed by atoms with E-state index in [1.54, 1.807) is 20.8 Å². The average molecular weight is 622 g/mol. The first-order valence-corrected chi connectivity index (χ1v) is 15.1. The minimum atomic E-state index is -0.695. The Hall–Kier alpha value is -2.58. The molecule has 0 bridgehead atoms. The molecule has 0 radical (unpaired) electrons. The lowest BCUT2D eigenvalue weighted by Crippen LogP contribution is -2.31. The summed E-state index contributed by atoms with van der Waals surface area (Å²) in [6.07, 6.45) is 0. The van der Waals surface area contributed by atoms with E-state index in [0.717, 1.165) is 41.4 Å². The Bertz CT molecular complexity index is 1300. The van der Waals surface area contributed by atoms with Crippen molar-refractivity contribution in [2.75, 3.05) is 0 Å². The van der Waals surface area contributed by atoms with Crippen molar-refractivity contribution in [3.05, 3.63) is 124 Å². The largest absolute Gasteiger partial charge is 0.287 e. The molecule has 0 aliphatic rings. The van der Waals surface area contributed by atoms with Crippen LogP contribution >= 0.6 is 51.2 Å². The minimum Gasteiger partial charge on any atom is -0.287 e. The molecule has 4 aromatic carbocycles. The van der Waals surface area contributed by atoms with Crippen molar-refractivity contribution in [2.45, 2.75) is 40.9 Å². The van der Waals surface area contributed by atoms with Gasteiger partial charge < -0.3 is 0 Å². The Morgan fingerprint density at radius 1 is 0.474 bits per heavy atom. The number of hydrogen-bond acceptors (Lipinski definition) is 6. The van der Waals surface area contributed by atoms with E-state index in [9.17, 15) is 14.4 Å². The highest BCUT2D eigenvalue weighted by atomic mass is 79.9. The number of carbonyl (C=O) groups is 3. The Labute approximate surface area is 244 Å². The van der Waals surface area contributed by atoms with Crippen LogP contribution in [0, 0.1) is 0 Å². The second-order valence-corrected chi connectivity index (χ2v) is 13.3. The summed E-state index contributed by atoms with van der Waals surface area (Å²) in [5.41, 5.74) is 3.47. The number of benzene rings is 4. The molecule has 4 aromatic rings. The first-order chi connectivity index (χ1) is 18.2. The summed E-state index contributed by atoms with van der Waals surface area (Å²) in [5.74, 6) is 0. The van der Waals surface area contributed by atoms with Gasteiger partial charge in [-0.1, -0.05) is 99.7 Å². The van der Waals surface area contributed by atoms with Crippen molar-refractivity contribution in [1.82, 2.24) is 0 Å². The number of hydrogen-bond donors (Lipinski definition) is 0. The van der Waals surface area contributed by atoms with Gasteiger partial charge in [-0.3, -0.25) is 14.4 Å². The van der Waals surface area contributed by atoms with Crippen LogP contribution in [0.3, 0.4) is 0 Å². The Balaban J connectivity index is 1.99. The smallest absolute Gasteiger partial charge is 0.190 e. The molecular weight excluding hydrogens is 596 g/mol. The van der Waals surface area contributed by atoms with Gasteiger partial charge in [0.25, 0.3) is 0 Å². The fraction of sp³-hybridized carbons (Fsp3) is 0.129. The van der Waals surface area contributed by atoms with E-state index in [-0.39, 0.29) is 15.3 Å². The third-order valence-corrected chi connectivity index (χ3v) is 8.84. The molecule has 0 heterocycles. The summed E-state index contributed by atoms with van der Waals surface area (Å²) in [6, 6.07) is 32.6. The highest BCUT2D eigenvalue weighted by molar-refractivity contribution is 9.10. The molecule has 0 fully saturated rings. The van der Waals surface area contributed by atoms with Crippen molar-refractivity contribution < 1.29 is 14.4 Å². The molecule has 38 heavy (non-hydrogen) atoms. The normalized spacial score (nSPS) is 11.3. The van der Waals surface area contributed by atoms with E-state index >= 15 is 0 Å². The van der Waals surface area contributed by atoms with Gasteiger partial charge >= 0.3 is 0 Å². The number of halogens is 1. The predicted octanol–water partition coefficient (Wildman–Crippen LogP) is 8.75. The predicted molar refractivity (Wildman–Crippen MR) is 162 cm³/mol. The van der Waals surface area contributed by atoms with E-state index in [1.807, 2.05) is 48.5 Å². The molecule has 192 valence electrons. The number of rotatable bonds is 7. The molecule has 0 saturated heterocycles. The standard InChI is InChI=1S/C31H25BrO3S3/c1-20(33)36-28-14-6-24(7-15-28)31(23-4-12-27(32)13-5-23,25-8-16-29(17-9-25)37-21(2)34)26-10-18-30(19-11-26)38-22(3)35/h4-19H,1-3H3. The van der Waals surface area contributed by atoms with Crippen LogP contribution in [0.4, 0.5) is 0 Å². The molecule has 0 amide bonds. The second-order valence-electron chi connectivity index (χ2n) is 8.61. The topological polar surface area (TPSA) is 51.2 Å². The molecular formula is C31H25BrO3S3. The SMILES string of the molecule is CC(=O)Sc1ccc(C(c2ccc(Br)cc2)(c2ccc(SC(C)=O)cc2)c2ccc(SC(C)=O)cc2)cc1. The van der Waals surface area contributed by atoms with Gasteiger partial charge in [0.1, 0.15) is 0 Å². The number of thioether (sulfide) groups is 3. The molecule has 0 aliphatic carbocycles. The van der Waals surface area contributed by atoms with Gasteiger partial charge in [0, 0.05) is 39.9 Å². The van der Waals surface area contributed by atoms with Crippen molar-refractivity contribution in [3.8, 4) is 0 Å². The van der Waals surface area contributed by atoms with Crippen LogP contribution < -0.4 is 0 Å². The zero-order valence-corrected chi connectivity index (χ0v) is 25.1. The first-order valence-electron chi connectivity index (χ1n) is 11.8. The molecule has 0 atom stereocenters. The van der Waals surface area contributed by atoms with Crippen LogP contribution in [0.5, 0.6) is 0 Å². The summed E-state index contributed by atoms with van der Waals surface area (Å²) >= 11 is 7.20. The van der Waals surface area contributed by atoms with Gasteiger partial charge in [-0.2, -0.15) is 0 Å². The summed E-state index contributed by atoms with van der Waals surface area (Å²) in [7, 11) is 0. The second kappa shape index (κ2) is 12.5. The third kappa shape index (κ3) is 6.52. The van der Waals surface area contributed by atoms with Gasteiger partial charge in [0.05, 0.1) is 5.41 Å². The minimum absolute atomic E-state index is 0.0362. The molecule has 4 rings (SSSR count). The van der Waals surface area contributed by atoms with Crippen molar-refractivity contribution in [3.63, 3.8) is 0 Å².